The first kappa shape index (κ1) is 19.3. The van der Waals surface area contributed by atoms with Crippen molar-refractivity contribution in [3.05, 3.63) is 0 Å². The molecule has 0 radical (unpaired) electrons. The predicted octanol–water partition coefficient (Wildman–Crippen LogP) is 3.16. The van der Waals surface area contributed by atoms with Crippen LogP contribution in [0.5, 0.6) is 0 Å². The SMILES string of the molecule is CC.CC(=O)N(C)CC1CCCCC1.CC(=O)O. The smallest absolute Gasteiger partial charge is 0.300 e. The van der Waals surface area contributed by atoms with Crippen molar-refractivity contribution in [2.24, 2.45) is 5.92 Å². The van der Waals surface area contributed by atoms with Crippen molar-refractivity contribution in [1.29, 1.82) is 0 Å². The summed E-state index contributed by atoms with van der Waals surface area (Å²) in [6.07, 6.45) is 6.74. The summed E-state index contributed by atoms with van der Waals surface area (Å²) in [5.74, 6) is 0.133. The molecule has 108 valence electrons. The van der Waals surface area contributed by atoms with Gasteiger partial charge in [0, 0.05) is 27.4 Å². The number of amides is 1. The van der Waals surface area contributed by atoms with Crippen molar-refractivity contribution in [3.63, 3.8) is 0 Å². The zero-order chi connectivity index (χ0) is 14.6. The summed E-state index contributed by atoms with van der Waals surface area (Å²) in [6, 6.07) is 0. The van der Waals surface area contributed by atoms with Gasteiger partial charge in [0.2, 0.25) is 5.91 Å². The van der Waals surface area contributed by atoms with Gasteiger partial charge in [-0.25, -0.2) is 0 Å². The molecule has 0 atom stereocenters. The summed E-state index contributed by atoms with van der Waals surface area (Å²) in [7, 11) is 1.90. The van der Waals surface area contributed by atoms with E-state index in [1.54, 1.807) is 6.92 Å². The third-order valence-corrected chi connectivity index (χ3v) is 2.79. The highest BCUT2D eigenvalue weighted by Crippen LogP contribution is 2.23. The first-order valence-electron chi connectivity index (χ1n) is 6.84. The van der Waals surface area contributed by atoms with E-state index < -0.39 is 5.97 Å². The minimum Gasteiger partial charge on any atom is -0.481 e. The lowest BCUT2D eigenvalue weighted by atomic mass is 9.89. The number of hydrogen-bond acceptors (Lipinski definition) is 2. The maximum atomic E-state index is 10.9. The van der Waals surface area contributed by atoms with Crippen LogP contribution in [0.1, 0.15) is 59.8 Å². The Balaban J connectivity index is 0. The van der Waals surface area contributed by atoms with Crippen molar-refractivity contribution in [2.45, 2.75) is 59.8 Å². The van der Waals surface area contributed by atoms with Gasteiger partial charge in [0.1, 0.15) is 0 Å². The van der Waals surface area contributed by atoms with Gasteiger partial charge in [-0.15, -0.1) is 0 Å². The molecular formula is C14H29NO3. The molecule has 0 spiro atoms. The first-order valence-corrected chi connectivity index (χ1v) is 6.84. The van der Waals surface area contributed by atoms with Gasteiger partial charge in [0.25, 0.3) is 5.97 Å². The minimum atomic E-state index is -0.833. The molecule has 0 aromatic heterocycles. The first-order chi connectivity index (χ1) is 8.43. The van der Waals surface area contributed by atoms with Crippen LogP contribution in [0.2, 0.25) is 0 Å². The lowest BCUT2D eigenvalue weighted by Crippen LogP contribution is -2.30. The molecule has 1 aliphatic carbocycles. The second kappa shape index (κ2) is 12.4. The van der Waals surface area contributed by atoms with Crippen LogP contribution in [-0.4, -0.2) is 35.5 Å². The van der Waals surface area contributed by atoms with Crippen LogP contribution >= 0.6 is 0 Å². The van der Waals surface area contributed by atoms with Gasteiger partial charge in [0.15, 0.2) is 0 Å². The van der Waals surface area contributed by atoms with Gasteiger partial charge >= 0.3 is 0 Å². The second-order valence-electron chi connectivity index (χ2n) is 4.42. The van der Waals surface area contributed by atoms with Crippen LogP contribution in [0.15, 0.2) is 0 Å². The van der Waals surface area contributed by atoms with E-state index >= 15 is 0 Å². The molecular weight excluding hydrogens is 230 g/mol. The molecule has 1 amide bonds. The van der Waals surface area contributed by atoms with E-state index in [0.717, 1.165) is 19.4 Å². The molecule has 0 saturated heterocycles. The number of carbonyl (C=O) groups excluding carboxylic acids is 1. The normalized spacial score (nSPS) is 14.5. The number of hydrogen-bond donors (Lipinski definition) is 1. The molecule has 1 N–H and O–H groups in total. The Labute approximate surface area is 111 Å². The molecule has 1 rings (SSSR count). The summed E-state index contributed by atoms with van der Waals surface area (Å²) in [4.78, 5) is 21.8. The third-order valence-electron chi connectivity index (χ3n) is 2.79. The van der Waals surface area contributed by atoms with Crippen LogP contribution in [0.3, 0.4) is 0 Å². The number of rotatable bonds is 2. The third kappa shape index (κ3) is 13.0. The molecule has 0 aliphatic heterocycles. The van der Waals surface area contributed by atoms with Crippen LogP contribution < -0.4 is 0 Å². The monoisotopic (exact) mass is 259 g/mol. The molecule has 0 aromatic carbocycles. The maximum absolute atomic E-state index is 10.9. The number of carbonyl (C=O) groups is 2. The molecule has 1 fully saturated rings. The summed E-state index contributed by atoms with van der Waals surface area (Å²) >= 11 is 0. The van der Waals surface area contributed by atoms with Crippen LogP contribution in [0.25, 0.3) is 0 Å². The van der Waals surface area contributed by atoms with E-state index in [2.05, 4.69) is 0 Å². The Hall–Kier alpha value is -1.06. The van der Waals surface area contributed by atoms with Gasteiger partial charge in [-0.3, -0.25) is 9.59 Å². The lowest BCUT2D eigenvalue weighted by molar-refractivity contribution is -0.134. The lowest BCUT2D eigenvalue weighted by Gasteiger charge is -2.26. The Kier molecular flexibility index (Phi) is 13.3. The Morgan fingerprint density at radius 2 is 1.50 bits per heavy atom. The van der Waals surface area contributed by atoms with Crippen LogP contribution in [-0.2, 0) is 9.59 Å². The Morgan fingerprint density at radius 3 is 1.83 bits per heavy atom. The van der Waals surface area contributed by atoms with Crippen molar-refractivity contribution >= 4 is 11.9 Å². The average Bonchev–Trinajstić information content (AvgIpc) is 2.32. The van der Waals surface area contributed by atoms with Gasteiger partial charge in [-0.05, 0) is 18.8 Å². The Bertz CT molecular complexity index is 219. The van der Waals surface area contributed by atoms with E-state index in [0.29, 0.717) is 0 Å². The second-order valence-corrected chi connectivity index (χ2v) is 4.42. The van der Waals surface area contributed by atoms with Crippen molar-refractivity contribution < 1.29 is 14.7 Å². The summed E-state index contributed by atoms with van der Waals surface area (Å²) in [6.45, 7) is 7.69. The van der Waals surface area contributed by atoms with Crippen LogP contribution in [0.4, 0.5) is 0 Å². The van der Waals surface area contributed by atoms with Crippen molar-refractivity contribution in [3.8, 4) is 0 Å². The number of carboxylic acids is 1. The van der Waals surface area contributed by atoms with E-state index in [1.807, 2.05) is 25.8 Å². The van der Waals surface area contributed by atoms with Crippen molar-refractivity contribution in [2.75, 3.05) is 13.6 Å². The fourth-order valence-electron chi connectivity index (χ4n) is 1.89. The average molecular weight is 259 g/mol. The number of nitrogens with zero attached hydrogens (tertiary/aromatic N) is 1. The van der Waals surface area contributed by atoms with E-state index in [-0.39, 0.29) is 5.91 Å². The van der Waals surface area contributed by atoms with E-state index in [1.165, 1.54) is 32.1 Å². The number of aliphatic carboxylic acids is 1. The molecule has 0 aromatic rings. The largest absolute Gasteiger partial charge is 0.481 e. The molecule has 0 unspecified atom stereocenters. The molecule has 0 bridgehead atoms. The van der Waals surface area contributed by atoms with Gasteiger partial charge in [-0.1, -0.05) is 33.1 Å². The fourth-order valence-corrected chi connectivity index (χ4v) is 1.89. The summed E-state index contributed by atoms with van der Waals surface area (Å²) in [5, 5.41) is 7.42. The molecule has 4 nitrogen and oxygen atoms in total. The van der Waals surface area contributed by atoms with Gasteiger partial charge in [-0.2, -0.15) is 0 Å². The highest BCUT2D eigenvalue weighted by atomic mass is 16.4. The summed E-state index contributed by atoms with van der Waals surface area (Å²) in [5.41, 5.74) is 0. The topological polar surface area (TPSA) is 57.6 Å². The van der Waals surface area contributed by atoms with Crippen molar-refractivity contribution in [1.82, 2.24) is 4.90 Å². The standard InChI is InChI=1S/C10H19NO.C2H4O2.C2H6/c1-9(12)11(2)8-10-6-4-3-5-7-10;1-2(3)4;1-2/h10H,3-8H2,1-2H3;1H3,(H,3,4);1-2H3. The maximum Gasteiger partial charge on any atom is 0.300 e. The number of carboxylic acid groups (broad SMARTS) is 1. The quantitative estimate of drug-likeness (QED) is 0.828. The Morgan fingerprint density at radius 1 is 1.11 bits per heavy atom. The van der Waals surface area contributed by atoms with E-state index in [4.69, 9.17) is 9.90 Å². The molecule has 1 saturated carbocycles. The molecule has 0 heterocycles. The predicted molar refractivity (Wildman–Crippen MR) is 74.5 cm³/mol. The van der Waals surface area contributed by atoms with Gasteiger partial charge in [0.05, 0.1) is 0 Å². The van der Waals surface area contributed by atoms with Gasteiger partial charge < -0.3 is 10.0 Å². The fraction of sp³-hybridized carbons (Fsp3) is 0.857. The van der Waals surface area contributed by atoms with Crippen LogP contribution in [0, 0.1) is 5.92 Å². The van der Waals surface area contributed by atoms with E-state index in [9.17, 15) is 4.79 Å². The molecule has 1 aliphatic rings. The molecule has 18 heavy (non-hydrogen) atoms. The minimum absolute atomic E-state index is 0.195. The summed E-state index contributed by atoms with van der Waals surface area (Å²) < 4.78 is 0. The highest BCUT2D eigenvalue weighted by molar-refractivity contribution is 5.72. The zero-order valence-corrected chi connectivity index (χ0v) is 12.5. The highest BCUT2D eigenvalue weighted by Gasteiger charge is 2.15. The molecule has 4 heteroatoms. The zero-order valence-electron chi connectivity index (χ0n) is 12.5.